The van der Waals surface area contributed by atoms with E-state index < -0.39 is 0 Å². The third kappa shape index (κ3) is 3.60. The molecular formula is C14H22N2O2. The van der Waals surface area contributed by atoms with Crippen LogP contribution in [0.1, 0.15) is 30.6 Å². The molecule has 1 aliphatic rings. The van der Waals surface area contributed by atoms with E-state index in [0.29, 0.717) is 12.1 Å². The molecule has 0 radical (unpaired) electrons. The van der Waals surface area contributed by atoms with Crippen LogP contribution in [-0.2, 0) is 0 Å². The van der Waals surface area contributed by atoms with Crippen molar-refractivity contribution >= 4 is 5.91 Å². The average Bonchev–Trinajstić information content (AvgIpc) is 2.80. The van der Waals surface area contributed by atoms with Gasteiger partial charge in [-0.25, -0.2) is 0 Å². The third-order valence-corrected chi connectivity index (χ3v) is 3.44. The van der Waals surface area contributed by atoms with Crippen molar-refractivity contribution in [2.24, 2.45) is 11.8 Å². The molecule has 2 rings (SSSR count). The van der Waals surface area contributed by atoms with Crippen LogP contribution in [0.3, 0.4) is 0 Å². The van der Waals surface area contributed by atoms with E-state index in [1.54, 1.807) is 6.07 Å². The fourth-order valence-electron chi connectivity index (χ4n) is 2.80. The lowest BCUT2D eigenvalue weighted by Gasteiger charge is -2.34. The molecule has 4 heteroatoms. The summed E-state index contributed by atoms with van der Waals surface area (Å²) in [4.78, 5) is 14.1. The fourth-order valence-corrected chi connectivity index (χ4v) is 2.80. The molecule has 2 atom stereocenters. The second-order valence-electron chi connectivity index (χ2n) is 5.47. The van der Waals surface area contributed by atoms with Gasteiger partial charge in [0.15, 0.2) is 0 Å². The van der Waals surface area contributed by atoms with Crippen LogP contribution in [0.2, 0.25) is 0 Å². The Bertz CT molecular complexity index is 365. The number of hydrogen-bond donors (Lipinski definition) is 1. The van der Waals surface area contributed by atoms with Gasteiger partial charge >= 0.3 is 0 Å². The fraction of sp³-hybridized carbons (Fsp3) is 0.643. The summed E-state index contributed by atoms with van der Waals surface area (Å²) in [5.74, 6) is 1.47. The van der Waals surface area contributed by atoms with Gasteiger partial charge in [-0.3, -0.25) is 4.79 Å². The predicted molar refractivity (Wildman–Crippen MR) is 70.4 cm³/mol. The maximum atomic E-state index is 11.7. The van der Waals surface area contributed by atoms with E-state index >= 15 is 0 Å². The lowest BCUT2D eigenvalue weighted by atomic mass is 9.92. The minimum atomic E-state index is -0.0538. The van der Waals surface area contributed by atoms with Gasteiger partial charge in [-0.2, -0.15) is 0 Å². The number of carbonyl (C=O) groups is 1. The highest BCUT2D eigenvalue weighted by atomic mass is 16.3. The first-order valence-electron chi connectivity index (χ1n) is 6.68. The summed E-state index contributed by atoms with van der Waals surface area (Å²) in [5, 5.41) is 2.92. The zero-order valence-corrected chi connectivity index (χ0v) is 11.2. The molecular weight excluding hydrogens is 228 g/mol. The van der Waals surface area contributed by atoms with Crippen LogP contribution in [0, 0.1) is 11.8 Å². The Hall–Kier alpha value is -1.29. The van der Waals surface area contributed by atoms with E-state index in [1.165, 1.54) is 18.9 Å². The number of piperidine rings is 1. The van der Waals surface area contributed by atoms with E-state index in [1.807, 2.05) is 0 Å². The lowest BCUT2D eigenvalue weighted by Crippen LogP contribution is -2.42. The van der Waals surface area contributed by atoms with Gasteiger partial charge in [0.2, 0.25) is 0 Å². The Balaban J connectivity index is 1.70. The Morgan fingerprint density at radius 3 is 2.78 bits per heavy atom. The molecule has 18 heavy (non-hydrogen) atoms. The molecule has 1 N–H and O–H groups in total. The van der Waals surface area contributed by atoms with Crippen LogP contribution in [0.15, 0.2) is 23.0 Å². The molecule has 0 unspecified atom stereocenters. The number of likely N-dealkylation sites (tertiary alicyclic amines) is 1. The van der Waals surface area contributed by atoms with Gasteiger partial charge in [0.05, 0.1) is 11.8 Å². The lowest BCUT2D eigenvalue weighted by molar-refractivity contribution is 0.0936. The van der Waals surface area contributed by atoms with Crippen LogP contribution < -0.4 is 5.32 Å². The zero-order valence-electron chi connectivity index (χ0n) is 11.2. The smallest absolute Gasteiger partial charge is 0.254 e. The SMILES string of the molecule is C[C@@H]1C[C@@H](C)CN(CCNC(=O)c2ccoc2)C1. The molecule has 1 aromatic rings. The summed E-state index contributed by atoms with van der Waals surface area (Å²) in [7, 11) is 0. The summed E-state index contributed by atoms with van der Waals surface area (Å²) in [5.41, 5.74) is 0.593. The Labute approximate surface area is 108 Å². The molecule has 1 fully saturated rings. The summed E-state index contributed by atoms with van der Waals surface area (Å²) in [6, 6.07) is 1.68. The molecule has 1 saturated heterocycles. The highest BCUT2D eigenvalue weighted by molar-refractivity contribution is 5.93. The van der Waals surface area contributed by atoms with Crippen molar-refractivity contribution in [3.05, 3.63) is 24.2 Å². The van der Waals surface area contributed by atoms with Crippen LogP contribution in [0.5, 0.6) is 0 Å². The number of carbonyl (C=O) groups excluding carboxylic acids is 1. The van der Waals surface area contributed by atoms with Gasteiger partial charge in [0, 0.05) is 26.2 Å². The minimum absolute atomic E-state index is 0.0538. The first-order valence-corrected chi connectivity index (χ1v) is 6.68. The third-order valence-electron chi connectivity index (χ3n) is 3.44. The van der Waals surface area contributed by atoms with Crippen molar-refractivity contribution < 1.29 is 9.21 Å². The van der Waals surface area contributed by atoms with Crippen molar-refractivity contribution in [1.82, 2.24) is 10.2 Å². The van der Waals surface area contributed by atoms with Crippen molar-refractivity contribution in [1.29, 1.82) is 0 Å². The summed E-state index contributed by atoms with van der Waals surface area (Å²) < 4.78 is 4.89. The number of furan rings is 1. The average molecular weight is 250 g/mol. The van der Waals surface area contributed by atoms with Gasteiger partial charge in [-0.1, -0.05) is 13.8 Å². The monoisotopic (exact) mass is 250 g/mol. The quantitative estimate of drug-likeness (QED) is 0.889. The Morgan fingerprint density at radius 1 is 1.44 bits per heavy atom. The molecule has 4 nitrogen and oxygen atoms in total. The molecule has 1 aliphatic heterocycles. The van der Waals surface area contributed by atoms with Gasteiger partial charge in [0.25, 0.3) is 5.91 Å². The summed E-state index contributed by atoms with van der Waals surface area (Å²) in [6.07, 6.45) is 4.31. The first kappa shape index (κ1) is 13.1. The van der Waals surface area contributed by atoms with Crippen LogP contribution in [-0.4, -0.2) is 37.0 Å². The van der Waals surface area contributed by atoms with Gasteiger partial charge in [-0.05, 0) is 24.3 Å². The van der Waals surface area contributed by atoms with Crippen molar-refractivity contribution in [2.45, 2.75) is 20.3 Å². The number of nitrogens with zero attached hydrogens (tertiary/aromatic N) is 1. The number of nitrogens with one attached hydrogen (secondary N) is 1. The Morgan fingerprint density at radius 2 is 2.17 bits per heavy atom. The van der Waals surface area contributed by atoms with E-state index in [0.717, 1.165) is 31.5 Å². The summed E-state index contributed by atoms with van der Waals surface area (Å²) in [6.45, 7) is 8.51. The second kappa shape index (κ2) is 6.05. The number of hydrogen-bond acceptors (Lipinski definition) is 3. The largest absolute Gasteiger partial charge is 0.472 e. The number of rotatable bonds is 4. The maximum absolute atomic E-state index is 11.7. The summed E-state index contributed by atoms with van der Waals surface area (Å²) >= 11 is 0. The highest BCUT2D eigenvalue weighted by Gasteiger charge is 2.21. The zero-order chi connectivity index (χ0) is 13.0. The molecule has 100 valence electrons. The molecule has 1 aromatic heterocycles. The van der Waals surface area contributed by atoms with E-state index in [-0.39, 0.29) is 5.91 Å². The van der Waals surface area contributed by atoms with Crippen LogP contribution >= 0.6 is 0 Å². The van der Waals surface area contributed by atoms with Crippen LogP contribution in [0.4, 0.5) is 0 Å². The van der Waals surface area contributed by atoms with Crippen molar-refractivity contribution in [3.8, 4) is 0 Å². The number of amides is 1. The van der Waals surface area contributed by atoms with Crippen LogP contribution in [0.25, 0.3) is 0 Å². The molecule has 0 saturated carbocycles. The minimum Gasteiger partial charge on any atom is -0.472 e. The molecule has 0 spiro atoms. The van der Waals surface area contributed by atoms with E-state index in [9.17, 15) is 4.79 Å². The highest BCUT2D eigenvalue weighted by Crippen LogP contribution is 2.20. The molecule has 0 aromatic carbocycles. The topological polar surface area (TPSA) is 45.5 Å². The van der Waals surface area contributed by atoms with Crippen molar-refractivity contribution in [2.75, 3.05) is 26.2 Å². The predicted octanol–water partition coefficient (Wildman–Crippen LogP) is 1.99. The van der Waals surface area contributed by atoms with Gasteiger partial charge in [-0.15, -0.1) is 0 Å². The second-order valence-corrected chi connectivity index (χ2v) is 5.47. The Kier molecular flexibility index (Phi) is 4.42. The van der Waals surface area contributed by atoms with Crippen molar-refractivity contribution in [3.63, 3.8) is 0 Å². The molecule has 0 aliphatic carbocycles. The van der Waals surface area contributed by atoms with E-state index in [2.05, 4.69) is 24.1 Å². The molecule has 2 heterocycles. The first-order chi connectivity index (χ1) is 8.65. The standard InChI is InChI=1S/C14H22N2O2/c1-11-7-12(2)9-16(8-11)5-4-15-14(17)13-3-6-18-10-13/h3,6,10-12H,4-5,7-9H2,1-2H3,(H,15,17)/t11-,12-/m1/s1. The van der Waals surface area contributed by atoms with Gasteiger partial charge < -0.3 is 14.6 Å². The maximum Gasteiger partial charge on any atom is 0.254 e. The molecule has 1 amide bonds. The molecule has 0 bridgehead atoms. The van der Waals surface area contributed by atoms with Gasteiger partial charge in [0.1, 0.15) is 6.26 Å². The normalized spacial score (nSPS) is 25.0. The van der Waals surface area contributed by atoms with E-state index in [4.69, 9.17) is 4.42 Å².